The van der Waals surface area contributed by atoms with Gasteiger partial charge in [0, 0.05) is 41.8 Å². The number of para-hydroxylation sites is 1. The first-order valence-corrected chi connectivity index (χ1v) is 14.6. The number of carboxylic acid groups (broad SMARTS) is 1. The van der Waals surface area contributed by atoms with E-state index in [1.807, 2.05) is 62.5 Å². The second-order valence-corrected chi connectivity index (χ2v) is 11.3. The number of benzene rings is 2. The molecule has 12 nitrogen and oxygen atoms in total. The predicted octanol–water partition coefficient (Wildman–Crippen LogP) is 1.83. The molecular formula is C32H39N7O5. The highest BCUT2D eigenvalue weighted by molar-refractivity contribution is 5.94. The number of rotatable bonds is 15. The largest absolute Gasteiger partial charge is 0.480 e. The number of hydrogen-bond acceptors (Lipinski definition) is 6. The molecule has 0 saturated heterocycles. The summed E-state index contributed by atoms with van der Waals surface area (Å²) in [6.45, 7) is 3.72. The minimum absolute atomic E-state index is 0.0148. The molecule has 0 radical (unpaired) electrons. The van der Waals surface area contributed by atoms with Crippen LogP contribution in [0.25, 0.3) is 10.9 Å². The monoisotopic (exact) mass is 601 g/mol. The van der Waals surface area contributed by atoms with E-state index in [1.165, 1.54) is 12.5 Å². The number of nitrogens with zero attached hydrogens (tertiary/aromatic N) is 1. The Labute approximate surface area is 255 Å². The Bertz CT molecular complexity index is 1550. The molecule has 0 saturated carbocycles. The number of carbonyl (C=O) groups excluding carboxylic acids is 3. The van der Waals surface area contributed by atoms with Gasteiger partial charge in [-0.05, 0) is 36.0 Å². The maximum atomic E-state index is 13.7. The minimum atomic E-state index is -1.16. The molecule has 4 unspecified atom stereocenters. The Morgan fingerprint density at radius 3 is 2.11 bits per heavy atom. The number of aliphatic carboxylic acids is 1. The summed E-state index contributed by atoms with van der Waals surface area (Å²) in [6.07, 6.45) is 5.43. The second kappa shape index (κ2) is 15.0. The van der Waals surface area contributed by atoms with Gasteiger partial charge in [0.2, 0.25) is 17.7 Å². The minimum Gasteiger partial charge on any atom is -0.480 e. The number of nitrogens with one attached hydrogen (secondary N) is 5. The lowest BCUT2D eigenvalue weighted by Crippen LogP contribution is -2.58. The molecule has 232 valence electrons. The van der Waals surface area contributed by atoms with Crippen molar-refractivity contribution in [2.24, 2.45) is 11.7 Å². The van der Waals surface area contributed by atoms with Crippen LogP contribution in [0.15, 0.2) is 73.3 Å². The number of carbonyl (C=O) groups is 4. The van der Waals surface area contributed by atoms with Crippen LogP contribution in [-0.4, -0.2) is 67.9 Å². The van der Waals surface area contributed by atoms with Crippen LogP contribution in [0.5, 0.6) is 0 Å². The number of carboxylic acids is 1. The van der Waals surface area contributed by atoms with E-state index in [1.54, 1.807) is 12.1 Å². The lowest BCUT2D eigenvalue weighted by Gasteiger charge is -2.25. The molecule has 2 aromatic heterocycles. The van der Waals surface area contributed by atoms with E-state index in [4.69, 9.17) is 5.73 Å². The lowest BCUT2D eigenvalue weighted by atomic mass is 10.0. The van der Waals surface area contributed by atoms with E-state index < -0.39 is 47.9 Å². The molecule has 0 spiro atoms. The van der Waals surface area contributed by atoms with Gasteiger partial charge in [0.25, 0.3) is 0 Å². The molecule has 2 heterocycles. The first-order valence-electron chi connectivity index (χ1n) is 14.6. The summed E-state index contributed by atoms with van der Waals surface area (Å²) in [5, 5.41) is 18.7. The molecule has 3 amide bonds. The fourth-order valence-electron chi connectivity index (χ4n) is 5.03. The number of nitrogens with two attached hydrogens (primary N) is 1. The normalized spacial score (nSPS) is 14.0. The van der Waals surface area contributed by atoms with Crippen LogP contribution in [0.3, 0.4) is 0 Å². The van der Waals surface area contributed by atoms with Crippen molar-refractivity contribution in [2.45, 2.75) is 63.7 Å². The van der Waals surface area contributed by atoms with Crippen molar-refractivity contribution in [3.63, 3.8) is 0 Å². The number of hydrogen-bond donors (Lipinski definition) is 7. The van der Waals surface area contributed by atoms with Gasteiger partial charge in [-0.2, -0.15) is 0 Å². The molecule has 2 aromatic carbocycles. The van der Waals surface area contributed by atoms with E-state index >= 15 is 0 Å². The molecular weight excluding hydrogens is 562 g/mol. The molecule has 0 aliphatic rings. The Morgan fingerprint density at radius 1 is 0.818 bits per heavy atom. The van der Waals surface area contributed by atoms with Crippen LogP contribution >= 0.6 is 0 Å². The summed E-state index contributed by atoms with van der Waals surface area (Å²) in [4.78, 5) is 62.4. The molecule has 4 atom stereocenters. The van der Waals surface area contributed by atoms with Crippen LogP contribution in [0.2, 0.25) is 0 Å². The van der Waals surface area contributed by atoms with Crippen molar-refractivity contribution in [1.82, 2.24) is 30.9 Å². The molecule has 4 rings (SSSR count). The summed E-state index contributed by atoms with van der Waals surface area (Å²) in [5.41, 5.74) is 9.44. The third-order valence-electron chi connectivity index (χ3n) is 7.30. The number of imidazole rings is 1. The van der Waals surface area contributed by atoms with Gasteiger partial charge in [-0.25, -0.2) is 9.78 Å². The summed E-state index contributed by atoms with van der Waals surface area (Å²) in [5.74, 6) is -2.95. The van der Waals surface area contributed by atoms with Gasteiger partial charge >= 0.3 is 5.97 Å². The van der Waals surface area contributed by atoms with Gasteiger partial charge in [0.05, 0.1) is 12.4 Å². The van der Waals surface area contributed by atoms with Crippen LogP contribution in [0, 0.1) is 5.92 Å². The summed E-state index contributed by atoms with van der Waals surface area (Å²) < 4.78 is 0. The average molecular weight is 602 g/mol. The molecule has 8 N–H and O–H groups in total. The lowest BCUT2D eigenvalue weighted by molar-refractivity contribution is -0.142. The van der Waals surface area contributed by atoms with E-state index in [0.717, 1.165) is 22.0 Å². The zero-order valence-corrected chi connectivity index (χ0v) is 24.7. The van der Waals surface area contributed by atoms with E-state index in [-0.39, 0.29) is 31.6 Å². The van der Waals surface area contributed by atoms with Gasteiger partial charge < -0.3 is 36.8 Å². The van der Waals surface area contributed by atoms with Gasteiger partial charge in [-0.3, -0.25) is 14.4 Å². The number of aromatic nitrogens is 3. The van der Waals surface area contributed by atoms with Crippen molar-refractivity contribution in [1.29, 1.82) is 0 Å². The highest BCUT2D eigenvalue weighted by atomic mass is 16.4. The molecule has 0 bridgehead atoms. The first kappa shape index (κ1) is 32.0. The fraction of sp³-hybridized carbons (Fsp3) is 0.344. The van der Waals surface area contributed by atoms with E-state index in [0.29, 0.717) is 5.69 Å². The quantitative estimate of drug-likeness (QED) is 0.108. The van der Waals surface area contributed by atoms with E-state index in [9.17, 15) is 24.3 Å². The zero-order chi connectivity index (χ0) is 31.6. The SMILES string of the molecule is CC(C)CC(NC(=O)C(Cc1ccccc1)NC(=O)C(Cc1cnc[nH]1)NC(=O)C(N)Cc1c[nH]c2ccccc12)C(=O)O. The smallest absolute Gasteiger partial charge is 0.326 e. The highest BCUT2D eigenvalue weighted by Crippen LogP contribution is 2.19. The summed E-state index contributed by atoms with van der Waals surface area (Å²) in [7, 11) is 0. The Hall–Kier alpha value is -4.97. The van der Waals surface area contributed by atoms with E-state index in [2.05, 4.69) is 30.9 Å². The van der Waals surface area contributed by atoms with Gasteiger partial charge in [-0.15, -0.1) is 0 Å². The molecule has 44 heavy (non-hydrogen) atoms. The number of fused-ring (bicyclic) bond motifs is 1. The molecule has 0 aliphatic heterocycles. The third-order valence-corrected chi connectivity index (χ3v) is 7.30. The van der Waals surface area contributed by atoms with Crippen molar-refractivity contribution in [3.05, 3.63) is 90.1 Å². The third kappa shape index (κ3) is 8.77. The van der Waals surface area contributed by atoms with Crippen LogP contribution in [0.4, 0.5) is 0 Å². The Balaban J connectivity index is 1.52. The standard InChI is InChI=1S/C32H39N7O5/c1-19(2)12-28(32(43)44)39-30(41)26(13-20-8-4-3-5-9-20)38-31(42)27(15-22-17-34-18-36-22)37-29(40)24(33)14-21-16-35-25-11-7-6-10-23(21)25/h3-11,16-19,24,26-28,35H,12-15,33H2,1-2H3,(H,34,36)(H,37,40)(H,38,42)(H,39,41)(H,43,44). The summed E-state index contributed by atoms with van der Waals surface area (Å²) >= 11 is 0. The molecule has 12 heteroatoms. The Kier molecular flexibility index (Phi) is 10.9. The maximum absolute atomic E-state index is 13.7. The number of aromatic amines is 2. The van der Waals surface area contributed by atoms with Crippen molar-refractivity contribution in [3.8, 4) is 0 Å². The molecule has 0 aliphatic carbocycles. The van der Waals surface area contributed by atoms with Crippen LogP contribution in [-0.2, 0) is 38.4 Å². The van der Waals surface area contributed by atoms with Crippen molar-refractivity contribution < 1.29 is 24.3 Å². The zero-order valence-electron chi connectivity index (χ0n) is 24.7. The van der Waals surface area contributed by atoms with Gasteiger partial charge in [0.15, 0.2) is 0 Å². The van der Waals surface area contributed by atoms with Gasteiger partial charge in [0.1, 0.15) is 18.1 Å². The highest BCUT2D eigenvalue weighted by Gasteiger charge is 2.31. The van der Waals surface area contributed by atoms with Crippen molar-refractivity contribution in [2.75, 3.05) is 0 Å². The predicted molar refractivity (Wildman–Crippen MR) is 165 cm³/mol. The Morgan fingerprint density at radius 2 is 1.45 bits per heavy atom. The molecule has 0 fully saturated rings. The maximum Gasteiger partial charge on any atom is 0.326 e. The first-order chi connectivity index (χ1) is 21.1. The van der Waals surface area contributed by atoms with Crippen molar-refractivity contribution >= 4 is 34.6 Å². The van der Waals surface area contributed by atoms with Crippen LogP contribution in [0.1, 0.15) is 37.1 Å². The number of amides is 3. The average Bonchev–Trinajstić information content (AvgIpc) is 3.66. The number of H-pyrrole nitrogens is 2. The summed E-state index contributed by atoms with van der Waals surface area (Å²) in [6, 6.07) is 12.4. The van der Waals surface area contributed by atoms with Crippen LogP contribution < -0.4 is 21.7 Å². The topological polar surface area (TPSA) is 195 Å². The fourth-order valence-corrected chi connectivity index (χ4v) is 5.03. The second-order valence-electron chi connectivity index (χ2n) is 11.3. The van der Waals surface area contributed by atoms with Gasteiger partial charge in [-0.1, -0.05) is 62.4 Å². The molecule has 4 aromatic rings.